The lowest BCUT2D eigenvalue weighted by Crippen LogP contribution is -2.34. The summed E-state index contributed by atoms with van der Waals surface area (Å²) in [6, 6.07) is 6.49. The van der Waals surface area contributed by atoms with Gasteiger partial charge in [-0.05, 0) is 42.7 Å². The number of halogens is 7. The van der Waals surface area contributed by atoms with Gasteiger partial charge in [-0.2, -0.15) is 27.1 Å². The monoisotopic (exact) mass is 692 g/mol. The van der Waals surface area contributed by atoms with Crippen molar-refractivity contribution < 1.29 is 35.8 Å². The van der Waals surface area contributed by atoms with E-state index in [1.807, 2.05) is 9.47 Å². The number of ether oxygens (including phenoxy) is 2. The van der Waals surface area contributed by atoms with Gasteiger partial charge in [0.25, 0.3) is 0 Å². The van der Waals surface area contributed by atoms with Crippen LogP contribution in [0.5, 0.6) is 5.88 Å². The Labute approximate surface area is 274 Å². The van der Waals surface area contributed by atoms with Crippen LogP contribution in [0.15, 0.2) is 36.5 Å². The molecule has 1 saturated heterocycles. The highest BCUT2D eigenvalue weighted by atomic mass is 35.5. The Hall–Kier alpha value is -4.28. The number of fused-ring (bicyclic) bond motifs is 2. The Balaban J connectivity index is 1.16. The Bertz CT molecular complexity index is 1990. The first kappa shape index (κ1) is 32.3. The second-order valence-corrected chi connectivity index (χ2v) is 12.2. The number of H-pyrrole nitrogens is 1. The van der Waals surface area contributed by atoms with Crippen molar-refractivity contribution in [3.8, 4) is 17.4 Å². The molecule has 0 radical (unpaired) electrons. The third kappa shape index (κ3) is 6.56. The topological polar surface area (TPSA) is 107 Å². The number of imidazole rings is 1. The Morgan fingerprint density at radius 2 is 1.92 bits per heavy atom. The summed E-state index contributed by atoms with van der Waals surface area (Å²) in [5.74, 6) is -4.47. The molecule has 0 unspecified atom stereocenters. The van der Waals surface area contributed by atoms with Crippen LogP contribution in [0.3, 0.4) is 0 Å². The molecule has 17 heteroatoms. The van der Waals surface area contributed by atoms with Crippen LogP contribution in [0.1, 0.15) is 47.4 Å². The molecule has 1 fully saturated rings. The highest BCUT2D eigenvalue weighted by Gasteiger charge is 2.37. The van der Waals surface area contributed by atoms with E-state index in [1.165, 1.54) is 12.1 Å². The van der Waals surface area contributed by atoms with Gasteiger partial charge in [0.15, 0.2) is 11.6 Å². The molecule has 4 aromatic heterocycles. The van der Waals surface area contributed by atoms with E-state index in [4.69, 9.17) is 26.1 Å². The normalized spacial score (nSPS) is 17.0. The third-order valence-corrected chi connectivity index (χ3v) is 8.54. The summed E-state index contributed by atoms with van der Waals surface area (Å²) >= 11 is 5.79. The van der Waals surface area contributed by atoms with Crippen molar-refractivity contribution >= 4 is 22.6 Å². The number of alkyl halides is 5. The minimum absolute atomic E-state index is 0.000568. The molecule has 6 heterocycles. The average molecular weight is 693 g/mol. The van der Waals surface area contributed by atoms with Gasteiger partial charge in [0.05, 0.1) is 42.1 Å². The molecule has 10 nitrogen and oxygen atoms in total. The lowest BCUT2D eigenvalue weighted by atomic mass is 10.0. The minimum Gasteiger partial charge on any atom is -0.472 e. The largest absolute Gasteiger partial charge is 0.472 e. The standard InChI is InChI=1S/C31H27ClF6N8O2/c1-30(34,35)29-42-27(43-44-29)23-10-22-25(11-39-23)46(12-19-5-7-47-19)26(40-22)14-45-6-4-16-8-20(31(36,37)38)28(41-24(16)13-45)48-15-17-2-3-18(32)9-21(17)33/h2-3,8-11,19H,4-7,12-15H2,1H3,(H,42,43,44)/t19-/m0/s1. The number of benzene rings is 1. The van der Waals surface area contributed by atoms with Gasteiger partial charge in [-0.25, -0.2) is 19.3 Å². The van der Waals surface area contributed by atoms with E-state index in [1.54, 1.807) is 12.3 Å². The van der Waals surface area contributed by atoms with Crippen molar-refractivity contribution in [3.05, 3.63) is 81.4 Å². The fraction of sp³-hybridized carbons (Fsp3) is 0.387. The summed E-state index contributed by atoms with van der Waals surface area (Å²) in [6.45, 7) is 2.34. The van der Waals surface area contributed by atoms with Gasteiger partial charge in [0.1, 0.15) is 29.5 Å². The van der Waals surface area contributed by atoms with Crippen LogP contribution in [0, 0.1) is 5.82 Å². The van der Waals surface area contributed by atoms with Gasteiger partial charge in [-0.1, -0.05) is 17.7 Å². The van der Waals surface area contributed by atoms with Gasteiger partial charge in [-0.3, -0.25) is 15.0 Å². The molecule has 252 valence electrons. The zero-order chi connectivity index (χ0) is 33.8. The van der Waals surface area contributed by atoms with E-state index in [2.05, 4.69) is 25.1 Å². The summed E-state index contributed by atoms with van der Waals surface area (Å²) in [7, 11) is 0. The summed E-state index contributed by atoms with van der Waals surface area (Å²) in [4.78, 5) is 19.4. The molecule has 7 rings (SSSR count). The second kappa shape index (κ2) is 12.3. The molecular weight excluding hydrogens is 666 g/mol. The van der Waals surface area contributed by atoms with E-state index in [9.17, 15) is 26.3 Å². The molecule has 0 spiro atoms. The number of aromatic amines is 1. The molecule has 0 bridgehead atoms. The fourth-order valence-corrected chi connectivity index (χ4v) is 5.81. The zero-order valence-corrected chi connectivity index (χ0v) is 26.0. The molecule has 0 amide bonds. The predicted molar refractivity (Wildman–Crippen MR) is 160 cm³/mol. The predicted octanol–water partition coefficient (Wildman–Crippen LogP) is 6.46. The van der Waals surface area contributed by atoms with Gasteiger partial charge < -0.3 is 14.0 Å². The molecule has 1 atom stereocenters. The van der Waals surface area contributed by atoms with E-state index < -0.39 is 41.8 Å². The van der Waals surface area contributed by atoms with Crippen molar-refractivity contribution in [3.63, 3.8) is 0 Å². The Morgan fingerprint density at radius 3 is 2.60 bits per heavy atom. The van der Waals surface area contributed by atoms with Crippen molar-refractivity contribution in [1.29, 1.82) is 0 Å². The highest BCUT2D eigenvalue weighted by molar-refractivity contribution is 6.30. The van der Waals surface area contributed by atoms with Crippen LogP contribution in [0.25, 0.3) is 22.6 Å². The van der Waals surface area contributed by atoms with E-state index >= 15 is 0 Å². The van der Waals surface area contributed by atoms with Gasteiger partial charge in [-0.15, -0.1) is 0 Å². The molecule has 1 N–H and O–H groups in total. The van der Waals surface area contributed by atoms with Crippen LogP contribution in [-0.4, -0.2) is 58.9 Å². The van der Waals surface area contributed by atoms with Crippen molar-refractivity contribution in [2.75, 3.05) is 13.2 Å². The average Bonchev–Trinajstić information content (AvgIpc) is 3.63. The minimum atomic E-state index is -4.74. The first-order valence-corrected chi connectivity index (χ1v) is 15.4. The number of aromatic nitrogens is 7. The maximum Gasteiger partial charge on any atom is 0.421 e. The fourth-order valence-electron chi connectivity index (χ4n) is 5.65. The van der Waals surface area contributed by atoms with Crippen molar-refractivity contribution in [2.24, 2.45) is 0 Å². The van der Waals surface area contributed by atoms with Gasteiger partial charge >= 0.3 is 12.1 Å². The highest BCUT2D eigenvalue weighted by Crippen LogP contribution is 2.38. The van der Waals surface area contributed by atoms with Crippen LogP contribution in [0.4, 0.5) is 26.3 Å². The van der Waals surface area contributed by atoms with Crippen molar-refractivity contribution in [1.82, 2.24) is 39.6 Å². The quantitative estimate of drug-likeness (QED) is 0.176. The summed E-state index contributed by atoms with van der Waals surface area (Å²) in [5.41, 5.74) is 1.34. The van der Waals surface area contributed by atoms with E-state index in [0.29, 0.717) is 67.7 Å². The molecule has 2 aliphatic rings. The summed E-state index contributed by atoms with van der Waals surface area (Å²) < 4.78 is 97.0. The lowest BCUT2D eigenvalue weighted by molar-refractivity contribution is -0.139. The van der Waals surface area contributed by atoms with Gasteiger partial charge in [0.2, 0.25) is 5.88 Å². The number of hydrogen-bond donors (Lipinski definition) is 1. The number of nitrogens with zero attached hydrogens (tertiary/aromatic N) is 7. The first-order valence-electron chi connectivity index (χ1n) is 15.0. The number of hydrogen-bond acceptors (Lipinski definition) is 8. The van der Waals surface area contributed by atoms with Crippen LogP contribution in [-0.2, 0) is 49.5 Å². The SMILES string of the molecule is CC(F)(F)c1nc(-c2cc3nc(CN4CCc5cc(C(F)(F)F)c(OCc6ccc(Cl)cc6F)nc5C4)n(C[C@@H]4CCO4)c3cn2)n[nH]1. The number of pyridine rings is 2. The van der Waals surface area contributed by atoms with Crippen molar-refractivity contribution in [2.45, 2.75) is 64.2 Å². The molecule has 5 aromatic rings. The molecule has 48 heavy (non-hydrogen) atoms. The maximum absolute atomic E-state index is 14.3. The summed E-state index contributed by atoms with van der Waals surface area (Å²) in [6.07, 6.45) is -2.03. The molecule has 0 aliphatic carbocycles. The molecule has 1 aromatic carbocycles. The van der Waals surface area contributed by atoms with Gasteiger partial charge in [0, 0.05) is 37.2 Å². The van der Waals surface area contributed by atoms with Crippen LogP contribution < -0.4 is 4.74 Å². The second-order valence-electron chi connectivity index (χ2n) is 11.8. The Morgan fingerprint density at radius 1 is 1.10 bits per heavy atom. The number of rotatable bonds is 9. The maximum atomic E-state index is 14.3. The third-order valence-electron chi connectivity index (χ3n) is 8.30. The van der Waals surface area contributed by atoms with E-state index in [0.717, 1.165) is 18.6 Å². The smallest absolute Gasteiger partial charge is 0.421 e. The number of nitrogens with one attached hydrogen (secondary N) is 1. The van der Waals surface area contributed by atoms with E-state index in [-0.39, 0.29) is 34.8 Å². The molecular formula is C31H27ClF6N8O2. The summed E-state index contributed by atoms with van der Waals surface area (Å²) in [5, 5.41) is 6.29. The zero-order valence-electron chi connectivity index (χ0n) is 25.3. The Kier molecular flexibility index (Phi) is 8.28. The van der Waals surface area contributed by atoms with Crippen LogP contribution >= 0.6 is 11.6 Å². The molecule has 0 saturated carbocycles. The lowest BCUT2D eigenvalue weighted by Gasteiger charge is -2.30. The molecule has 2 aliphatic heterocycles. The first-order chi connectivity index (χ1) is 22.8. The van der Waals surface area contributed by atoms with Crippen LogP contribution in [0.2, 0.25) is 5.02 Å².